The van der Waals surface area contributed by atoms with Crippen LogP contribution in [0.4, 0.5) is 11.4 Å². The molecule has 2 aromatic heterocycles. The molecule has 0 saturated heterocycles. The molecule has 0 bridgehead atoms. The summed E-state index contributed by atoms with van der Waals surface area (Å²) in [6, 6.07) is 12.0. The topological polar surface area (TPSA) is 105 Å². The van der Waals surface area contributed by atoms with E-state index in [4.69, 9.17) is 0 Å². The van der Waals surface area contributed by atoms with Gasteiger partial charge in [-0.05, 0) is 41.8 Å². The van der Waals surface area contributed by atoms with Gasteiger partial charge in [0.1, 0.15) is 6.04 Å². The maximum absolute atomic E-state index is 12.2. The Morgan fingerprint density at radius 2 is 1.75 bits per heavy atom. The number of carbonyl (C=O) groups is 3. The van der Waals surface area contributed by atoms with Crippen molar-refractivity contribution in [3.8, 4) is 0 Å². The van der Waals surface area contributed by atoms with Crippen molar-refractivity contribution in [2.24, 2.45) is 0 Å². The molecular formula is C19H19N5O3S. The normalized spacial score (nSPS) is 11.5. The van der Waals surface area contributed by atoms with E-state index in [1.165, 1.54) is 6.92 Å². The lowest BCUT2D eigenvalue weighted by Crippen LogP contribution is -2.38. The summed E-state index contributed by atoms with van der Waals surface area (Å²) < 4.78 is 1.74. The Hall–Kier alpha value is -3.46. The molecule has 1 unspecified atom stereocenters. The minimum absolute atomic E-state index is 0.186. The molecule has 3 rings (SSSR count). The maximum Gasteiger partial charge on any atom is 0.313 e. The van der Waals surface area contributed by atoms with Gasteiger partial charge in [0.25, 0.3) is 0 Å². The van der Waals surface area contributed by atoms with Crippen molar-refractivity contribution in [3.05, 3.63) is 65.1 Å². The summed E-state index contributed by atoms with van der Waals surface area (Å²) in [5.41, 5.74) is 1.06. The lowest BCUT2D eigenvalue weighted by molar-refractivity contribution is -0.136. The van der Waals surface area contributed by atoms with Crippen molar-refractivity contribution in [3.63, 3.8) is 0 Å². The number of thiophene rings is 1. The highest BCUT2D eigenvalue weighted by Gasteiger charge is 2.19. The van der Waals surface area contributed by atoms with E-state index in [1.807, 2.05) is 23.7 Å². The molecule has 3 aromatic rings. The van der Waals surface area contributed by atoms with E-state index in [2.05, 4.69) is 21.0 Å². The SMILES string of the molecule is CC(=O)Nc1ccc(NC(=O)C(=O)NCC(c2cccs2)n2cccn2)cc1. The van der Waals surface area contributed by atoms with Crippen molar-refractivity contribution in [2.75, 3.05) is 17.2 Å². The monoisotopic (exact) mass is 397 g/mol. The molecule has 2 heterocycles. The number of nitrogens with one attached hydrogen (secondary N) is 3. The zero-order valence-electron chi connectivity index (χ0n) is 15.1. The smallest absolute Gasteiger partial charge is 0.313 e. The van der Waals surface area contributed by atoms with Crippen LogP contribution in [0.25, 0.3) is 0 Å². The molecule has 3 N–H and O–H groups in total. The third kappa shape index (κ3) is 5.04. The van der Waals surface area contributed by atoms with Crippen LogP contribution < -0.4 is 16.0 Å². The van der Waals surface area contributed by atoms with Gasteiger partial charge in [-0.25, -0.2) is 0 Å². The summed E-state index contributed by atoms with van der Waals surface area (Å²) in [5, 5.41) is 14.0. The van der Waals surface area contributed by atoms with Crippen molar-refractivity contribution in [2.45, 2.75) is 13.0 Å². The van der Waals surface area contributed by atoms with E-state index < -0.39 is 11.8 Å². The zero-order chi connectivity index (χ0) is 19.9. The van der Waals surface area contributed by atoms with Crippen LogP contribution in [0, 0.1) is 0 Å². The second-order valence-electron chi connectivity index (χ2n) is 5.94. The number of amides is 3. The molecule has 0 spiro atoms. The van der Waals surface area contributed by atoms with Gasteiger partial charge >= 0.3 is 11.8 Å². The fraction of sp³-hybridized carbons (Fsp3) is 0.158. The molecule has 0 saturated carbocycles. The molecular weight excluding hydrogens is 378 g/mol. The third-order valence-electron chi connectivity index (χ3n) is 3.84. The van der Waals surface area contributed by atoms with Crippen molar-refractivity contribution in [1.82, 2.24) is 15.1 Å². The number of carbonyl (C=O) groups excluding carboxylic acids is 3. The van der Waals surface area contributed by atoms with E-state index in [0.717, 1.165) is 4.88 Å². The number of rotatable bonds is 6. The number of anilines is 2. The van der Waals surface area contributed by atoms with E-state index in [-0.39, 0.29) is 18.5 Å². The molecule has 0 aliphatic rings. The molecule has 0 aliphatic heterocycles. The number of hydrogen-bond donors (Lipinski definition) is 3. The number of nitrogens with zero attached hydrogens (tertiary/aromatic N) is 2. The largest absolute Gasteiger partial charge is 0.345 e. The lowest BCUT2D eigenvalue weighted by atomic mass is 10.2. The molecule has 1 atom stereocenters. The fourth-order valence-electron chi connectivity index (χ4n) is 2.57. The highest BCUT2D eigenvalue weighted by Crippen LogP contribution is 2.21. The number of hydrogen-bond acceptors (Lipinski definition) is 5. The average Bonchev–Trinajstić information content (AvgIpc) is 3.37. The van der Waals surface area contributed by atoms with E-state index in [9.17, 15) is 14.4 Å². The predicted octanol–water partition coefficient (Wildman–Crippen LogP) is 2.25. The van der Waals surface area contributed by atoms with E-state index in [0.29, 0.717) is 11.4 Å². The minimum atomic E-state index is -0.766. The first-order valence-corrected chi connectivity index (χ1v) is 9.40. The molecule has 0 radical (unpaired) electrons. The van der Waals surface area contributed by atoms with Gasteiger partial charge < -0.3 is 16.0 Å². The van der Waals surface area contributed by atoms with Crippen LogP contribution in [0.2, 0.25) is 0 Å². The quantitative estimate of drug-likeness (QED) is 0.555. The van der Waals surface area contributed by atoms with Gasteiger partial charge in [-0.2, -0.15) is 5.10 Å². The first kappa shape index (κ1) is 19.3. The van der Waals surface area contributed by atoms with Crippen LogP contribution in [0.5, 0.6) is 0 Å². The first-order valence-electron chi connectivity index (χ1n) is 8.52. The van der Waals surface area contributed by atoms with Gasteiger partial charge in [-0.3, -0.25) is 19.1 Å². The summed E-state index contributed by atoms with van der Waals surface area (Å²) >= 11 is 1.55. The Balaban J connectivity index is 1.57. The van der Waals surface area contributed by atoms with Gasteiger partial charge in [0, 0.05) is 42.1 Å². The molecule has 0 fully saturated rings. The molecule has 144 valence electrons. The van der Waals surface area contributed by atoms with Crippen molar-refractivity contribution in [1.29, 1.82) is 0 Å². The van der Waals surface area contributed by atoms with E-state index in [1.54, 1.807) is 52.5 Å². The highest BCUT2D eigenvalue weighted by molar-refractivity contribution is 7.10. The summed E-state index contributed by atoms with van der Waals surface area (Å²) in [5.74, 6) is -1.69. The standard InChI is InChI=1S/C19H19N5O3S/c1-13(25)22-14-5-7-15(8-6-14)23-19(27)18(26)20-12-16(17-4-2-11-28-17)24-10-3-9-21-24/h2-11,16H,12H2,1H3,(H,20,26)(H,22,25)(H,23,27). The van der Waals surface area contributed by atoms with Crippen LogP contribution in [0.3, 0.4) is 0 Å². The summed E-state index contributed by atoms with van der Waals surface area (Å²) in [4.78, 5) is 36.4. The predicted molar refractivity (Wildman–Crippen MR) is 107 cm³/mol. The van der Waals surface area contributed by atoms with Gasteiger partial charge in [0.05, 0.1) is 0 Å². The van der Waals surface area contributed by atoms with Crippen molar-refractivity contribution < 1.29 is 14.4 Å². The Labute approximate surface area is 165 Å². The summed E-state index contributed by atoms with van der Waals surface area (Å²) in [7, 11) is 0. The highest BCUT2D eigenvalue weighted by atomic mass is 32.1. The van der Waals surface area contributed by atoms with Crippen LogP contribution in [-0.2, 0) is 14.4 Å². The molecule has 9 heteroatoms. The van der Waals surface area contributed by atoms with Gasteiger partial charge in [0.15, 0.2) is 0 Å². The Kier molecular flexibility index (Phi) is 6.18. The van der Waals surface area contributed by atoms with Crippen LogP contribution in [0.15, 0.2) is 60.2 Å². The van der Waals surface area contributed by atoms with Gasteiger partial charge in [-0.15, -0.1) is 11.3 Å². The maximum atomic E-state index is 12.2. The number of aromatic nitrogens is 2. The van der Waals surface area contributed by atoms with Gasteiger partial charge in [0.2, 0.25) is 5.91 Å². The average molecular weight is 397 g/mol. The fourth-order valence-corrected chi connectivity index (χ4v) is 3.39. The number of benzene rings is 1. The second-order valence-corrected chi connectivity index (χ2v) is 6.92. The molecule has 8 nitrogen and oxygen atoms in total. The summed E-state index contributed by atoms with van der Waals surface area (Å²) in [6.45, 7) is 1.64. The van der Waals surface area contributed by atoms with Crippen molar-refractivity contribution >= 4 is 40.4 Å². The molecule has 3 amide bonds. The lowest BCUT2D eigenvalue weighted by Gasteiger charge is -2.17. The van der Waals surface area contributed by atoms with Crippen LogP contribution in [-0.4, -0.2) is 34.0 Å². The minimum Gasteiger partial charge on any atom is -0.345 e. The van der Waals surface area contributed by atoms with Crippen LogP contribution >= 0.6 is 11.3 Å². The first-order chi connectivity index (χ1) is 13.5. The Morgan fingerprint density at radius 3 is 2.32 bits per heavy atom. The molecule has 1 aromatic carbocycles. The Morgan fingerprint density at radius 1 is 1.04 bits per heavy atom. The Bertz CT molecular complexity index is 902. The second kappa shape index (κ2) is 8.96. The molecule has 0 aliphatic carbocycles. The third-order valence-corrected chi connectivity index (χ3v) is 4.81. The summed E-state index contributed by atoms with van der Waals surface area (Å²) in [6.07, 6.45) is 3.48. The van der Waals surface area contributed by atoms with Crippen LogP contribution in [0.1, 0.15) is 17.8 Å². The zero-order valence-corrected chi connectivity index (χ0v) is 15.9. The van der Waals surface area contributed by atoms with E-state index >= 15 is 0 Å². The molecule has 28 heavy (non-hydrogen) atoms. The van der Waals surface area contributed by atoms with Gasteiger partial charge in [-0.1, -0.05) is 6.07 Å².